The number of methoxy groups -OCH3 is 1. The number of benzene rings is 2. The van der Waals surface area contributed by atoms with Crippen molar-refractivity contribution in [2.45, 2.75) is 45.4 Å². The van der Waals surface area contributed by atoms with E-state index in [2.05, 4.69) is 10.3 Å². The van der Waals surface area contributed by atoms with Crippen LogP contribution in [0.2, 0.25) is 0 Å². The standard InChI is InChI=1S/C30H28F4N2O5/c1-29(2,3)41-28(38)20-14-17(8-11-23(20)39-5)19-15-21-24(26(37)35-4)25(16-6-9-18(31)10-7-16)40-27(21)36-22(19)12-13-30(32,33)34/h6-11,14-15H,12-13H2,1-5H3,(H,35,37). The van der Waals surface area contributed by atoms with Gasteiger partial charge in [0.1, 0.15) is 28.5 Å². The average Bonchev–Trinajstić information content (AvgIpc) is 3.28. The van der Waals surface area contributed by atoms with Crippen molar-refractivity contribution in [2.24, 2.45) is 0 Å². The van der Waals surface area contributed by atoms with Crippen LogP contribution in [-0.2, 0) is 11.2 Å². The number of aromatic nitrogens is 1. The predicted molar refractivity (Wildman–Crippen MR) is 144 cm³/mol. The molecule has 0 radical (unpaired) electrons. The van der Waals surface area contributed by atoms with Crippen LogP contribution in [-0.4, -0.2) is 42.8 Å². The Morgan fingerprint density at radius 2 is 1.66 bits per heavy atom. The molecule has 4 rings (SSSR count). The van der Waals surface area contributed by atoms with Crippen molar-refractivity contribution in [3.63, 3.8) is 0 Å². The highest BCUT2D eigenvalue weighted by atomic mass is 19.4. The molecule has 0 unspecified atom stereocenters. The van der Waals surface area contributed by atoms with Gasteiger partial charge in [-0.2, -0.15) is 13.2 Å². The highest BCUT2D eigenvalue weighted by molar-refractivity contribution is 6.11. The van der Waals surface area contributed by atoms with E-state index in [-0.39, 0.29) is 45.0 Å². The first-order chi connectivity index (χ1) is 19.2. The zero-order valence-corrected chi connectivity index (χ0v) is 23.0. The number of carbonyl (C=O) groups excluding carboxylic acids is 2. The Labute approximate surface area is 233 Å². The molecule has 0 spiro atoms. The lowest BCUT2D eigenvalue weighted by Gasteiger charge is -2.21. The Bertz CT molecular complexity index is 1600. The second-order valence-electron chi connectivity index (χ2n) is 10.3. The molecular weight excluding hydrogens is 544 g/mol. The molecule has 4 aromatic rings. The molecular formula is C30H28F4N2O5. The largest absolute Gasteiger partial charge is 0.496 e. The number of nitrogens with zero attached hydrogens (tertiary/aromatic N) is 1. The summed E-state index contributed by atoms with van der Waals surface area (Å²) in [7, 11) is 2.79. The number of nitrogens with one attached hydrogen (secondary N) is 1. The number of rotatable bonds is 7. The molecule has 0 atom stereocenters. The summed E-state index contributed by atoms with van der Waals surface area (Å²) in [5.74, 6) is -1.43. The molecule has 0 aliphatic rings. The molecule has 0 aliphatic carbocycles. The summed E-state index contributed by atoms with van der Waals surface area (Å²) in [5.41, 5.74) is 0.280. The van der Waals surface area contributed by atoms with Crippen LogP contribution in [0, 0.1) is 5.82 Å². The van der Waals surface area contributed by atoms with Crippen LogP contribution in [0.5, 0.6) is 5.75 Å². The Balaban J connectivity index is 1.98. The lowest BCUT2D eigenvalue weighted by molar-refractivity contribution is -0.134. The van der Waals surface area contributed by atoms with Crippen LogP contribution in [0.25, 0.3) is 33.6 Å². The monoisotopic (exact) mass is 572 g/mol. The number of carbonyl (C=O) groups is 2. The van der Waals surface area contributed by atoms with Gasteiger partial charge in [0.05, 0.1) is 23.8 Å². The summed E-state index contributed by atoms with van der Waals surface area (Å²) in [6.45, 7) is 5.10. The minimum atomic E-state index is -4.47. The lowest BCUT2D eigenvalue weighted by Crippen LogP contribution is -2.24. The summed E-state index contributed by atoms with van der Waals surface area (Å²) >= 11 is 0. The van der Waals surface area contributed by atoms with Gasteiger partial charge in [-0.05, 0) is 75.2 Å². The molecule has 2 aromatic heterocycles. The molecule has 2 aromatic carbocycles. The molecule has 11 heteroatoms. The summed E-state index contributed by atoms with van der Waals surface area (Å²) in [6, 6.07) is 11.3. The Kier molecular flexibility index (Phi) is 8.10. The fourth-order valence-electron chi connectivity index (χ4n) is 4.28. The van der Waals surface area contributed by atoms with Gasteiger partial charge >= 0.3 is 12.1 Å². The zero-order valence-electron chi connectivity index (χ0n) is 23.0. The quantitative estimate of drug-likeness (QED) is 0.187. The molecule has 0 fully saturated rings. The number of hydrogen-bond acceptors (Lipinski definition) is 6. The third-order valence-electron chi connectivity index (χ3n) is 6.10. The number of fused-ring (bicyclic) bond motifs is 1. The van der Waals surface area contributed by atoms with Crippen LogP contribution in [0.15, 0.2) is 52.9 Å². The van der Waals surface area contributed by atoms with E-state index in [1.165, 1.54) is 56.6 Å². The zero-order chi connectivity index (χ0) is 30.1. The number of furan rings is 1. The Morgan fingerprint density at radius 1 is 1.00 bits per heavy atom. The number of ether oxygens (including phenoxy) is 2. The fraction of sp³-hybridized carbons (Fsp3) is 0.300. The third kappa shape index (κ3) is 6.67. The van der Waals surface area contributed by atoms with Crippen LogP contribution >= 0.6 is 0 Å². The second-order valence-corrected chi connectivity index (χ2v) is 10.3. The van der Waals surface area contributed by atoms with Gasteiger partial charge in [-0.1, -0.05) is 6.07 Å². The van der Waals surface area contributed by atoms with Gasteiger partial charge in [0, 0.05) is 24.6 Å². The first-order valence-electron chi connectivity index (χ1n) is 12.6. The van der Waals surface area contributed by atoms with Crippen molar-refractivity contribution in [1.82, 2.24) is 10.3 Å². The number of halogens is 4. The van der Waals surface area contributed by atoms with Crippen LogP contribution in [0.1, 0.15) is 53.6 Å². The van der Waals surface area contributed by atoms with Gasteiger partial charge in [0.25, 0.3) is 5.91 Å². The normalized spacial score (nSPS) is 11.9. The summed E-state index contributed by atoms with van der Waals surface area (Å²) < 4.78 is 70.1. The molecule has 0 saturated heterocycles. The van der Waals surface area contributed by atoms with Gasteiger partial charge in [0.2, 0.25) is 5.71 Å². The first kappa shape index (κ1) is 29.6. The molecule has 2 heterocycles. The van der Waals surface area contributed by atoms with Crippen molar-refractivity contribution < 1.29 is 41.0 Å². The van der Waals surface area contributed by atoms with E-state index in [0.717, 1.165) is 0 Å². The van der Waals surface area contributed by atoms with E-state index < -0.39 is 42.3 Å². The fourth-order valence-corrected chi connectivity index (χ4v) is 4.28. The van der Waals surface area contributed by atoms with Crippen molar-refractivity contribution in [3.8, 4) is 28.2 Å². The smallest absolute Gasteiger partial charge is 0.389 e. The highest BCUT2D eigenvalue weighted by Crippen LogP contribution is 2.38. The van der Waals surface area contributed by atoms with Crippen molar-refractivity contribution >= 4 is 23.0 Å². The number of esters is 1. The molecule has 0 aliphatic heterocycles. The molecule has 41 heavy (non-hydrogen) atoms. The van der Waals surface area contributed by atoms with Crippen molar-refractivity contribution in [3.05, 3.63) is 71.2 Å². The van der Waals surface area contributed by atoms with E-state index in [9.17, 15) is 27.2 Å². The van der Waals surface area contributed by atoms with E-state index in [1.807, 2.05) is 0 Å². The topological polar surface area (TPSA) is 90.7 Å². The SMILES string of the molecule is CNC(=O)c1c(-c2ccc(F)cc2)oc2nc(CCC(F)(F)F)c(-c3ccc(OC)c(C(=O)OC(C)(C)C)c3)cc12. The number of hydrogen-bond donors (Lipinski definition) is 1. The maximum Gasteiger partial charge on any atom is 0.389 e. The lowest BCUT2D eigenvalue weighted by atomic mass is 9.96. The van der Waals surface area contributed by atoms with Crippen molar-refractivity contribution in [1.29, 1.82) is 0 Å². The van der Waals surface area contributed by atoms with E-state index in [1.54, 1.807) is 26.8 Å². The van der Waals surface area contributed by atoms with Gasteiger partial charge < -0.3 is 19.2 Å². The average molecular weight is 573 g/mol. The van der Waals surface area contributed by atoms with Gasteiger partial charge in [-0.15, -0.1) is 0 Å². The number of pyridine rings is 1. The van der Waals surface area contributed by atoms with Crippen LogP contribution < -0.4 is 10.1 Å². The molecule has 1 amide bonds. The second kappa shape index (κ2) is 11.2. The number of amides is 1. The van der Waals surface area contributed by atoms with Gasteiger partial charge in [-0.3, -0.25) is 4.79 Å². The van der Waals surface area contributed by atoms with Crippen LogP contribution in [0.3, 0.4) is 0 Å². The highest BCUT2D eigenvalue weighted by Gasteiger charge is 2.30. The van der Waals surface area contributed by atoms with E-state index in [0.29, 0.717) is 11.1 Å². The maximum atomic E-state index is 13.6. The minimum absolute atomic E-state index is 0.0398. The van der Waals surface area contributed by atoms with Gasteiger partial charge in [-0.25, -0.2) is 14.2 Å². The van der Waals surface area contributed by atoms with Crippen LogP contribution in [0.4, 0.5) is 17.6 Å². The molecule has 0 saturated carbocycles. The Morgan fingerprint density at radius 3 is 2.24 bits per heavy atom. The van der Waals surface area contributed by atoms with Crippen molar-refractivity contribution in [2.75, 3.05) is 14.2 Å². The summed E-state index contributed by atoms with van der Waals surface area (Å²) in [4.78, 5) is 30.4. The summed E-state index contributed by atoms with van der Waals surface area (Å²) in [6.07, 6.45) is -6.13. The maximum absolute atomic E-state index is 13.6. The first-order valence-corrected chi connectivity index (χ1v) is 12.6. The molecule has 1 N–H and O–H groups in total. The van der Waals surface area contributed by atoms with E-state index in [4.69, 9.17) is 13.9 Å². The Hall–Kier alpha value is -4.41. The van der Waals surface area contributed by atoms with E-state index >= 15 is 0 Å². The third-order valence-corrected chi connectivity index (χ3v) is 6.10. The van der Waals surface area contributed by atoms with Gasteiger partial charge in [0.15, 0.2) is 0 Å². The number of aryl methyl sites for hydroxylation is 1. The minimum Gasteiger partial charge on any atom is -0.496 e. The molecule has 216 valence electrons. The number of alkyl halides is 3. The predicted octanol–water partition coefficient (Wildman–Crippen LogP) is 7.12. The summed E-state index contributed by atoms with van der Waals surface area (Å²) in [5, 5.41) is 2.76. The molecule has 7 nitrogen and oxygen atoms in total. The molecule has 0 bridgehead atoms.